The van der Waals surface area contributed by atoms with Gasteiger partial charge >= 0.3 is 6.03 Å². The minimum atomic E-state index is -0.151. The third-order valence-corrected chi connectivity index (χ3v) is 5.02. The minimum absolute atomic E-state index is 0.0529. The van der Waals surface area contributed by atoms with Crippen molar-refractivity contribution in [3.05, 3.63) is 60.2 Å². The van der Waals surface area contributed by atoms with E-state index in [0.717, 1.165) is 37.0 Å². The Hall–Kier alpha value is -3.02. The number of furan rings is 1. The molecule has 0 saturated carbocycles. The lowest BCUT2D eigenvalue weighted by molar-refractivity contribution is 0.179. The second-order valence-corrected chi connectivity index (χ2v) is 6.84. The van der Waals surface area contributed by atoms with Gasteiger partial charge in [0.05, 0.1) is 12.3 Å². The topological polar surface area (TPSA) is 71.5 Å². The number of amides is 2. The summed E-state index contributed by atoms with van der Waals surface area (Å²) in [4.78, 5) is 15.0. The van der Waals surface area contributed by atoms with Crippen LogP contribution in [0.3, 0.4) is 0 Å². The molecule has 27 heavy (non-hydrogen) atoms. The van der Waals surface area contributed by atoms with Gasteiger partial charge in [-0.1, -0.05) is 48.3 Å². The highest BCUT2D eigenvalue weighted by Gasteiger charge is 2.30. The summed E-state index contributed by atoms with van der Waals surface area (Å²) in [5.41, 5.74) is 2.16. The van der Waals surface area contributed by atoms with Gasteiger partial charge in [0, 0.05) is 12.1 Å². The standard InChI is InChI=1S/C21H23N3O3/c1-15-19(20(27-23-15)16-9-4-2-5-10-16)22-21(25)24-13-7-3-6-11-17(24)18-12-8-14-26-18/h2,4-5,8-10,12,14,17H,3,6-7,11,13H2,1H3,(H,22,25). The lowest BCUT2D eigenvalue weighted by atomic mass is 10.1. The summed E-state index contributed by atoms with van der Waals surface area (Å²) in [5, 5.41) is 7.09. The minimum Gasteiger partial charge on any atom is -0.467 e. The van der Waals surface area contributed by atoms with Gasteiger partial charge in [-0.05, 0) is 31.9 Å². The molecule has 0 aliphatic carbocycles. The van der Waals surface area contributed by atoms with Crippen LogP contribution in [0.4, 0.5) is 10.5 Å². The Balaban J connectivity index is 1.61. The van der Waals surface area contributed by atoms with E-state index in [9.17, 15) is 4.79 Å². The van der Waals surface area contributed by atoms with Gasteiger partial charge in [0.2, 0.25) is 0 Å². The molecule has 0 spiro atoms. The van der Waals surface area contributed by atoms with Crippen molar-refractivity contribution in [2.75, 3.05) is 11.9 Å². The summed E-state index contributed by atoms with van der Waals surface area (Å²) >= 11 is 0. The second kappa shape index (κ2) is 7.70. The number of hydrogen-bond acceptors (Lipinski definition) is 4. The van der Waals surface area contributed by atoms with Crippen LogP contribution in [0, 0.1) is 6.92 Å². The summed E-state index contributed by atoms with van der Waals surface area (Å²) in [6.07, 6.45) is 5.74. The zero-order valence-corrected chi connectivity index (χ0v) is 15.4. The molecule has 0 bridgehead atoms. The molecule has 2 aromatic heterocycles. The number of carbonyl (C=O) groups excluding carboxylic acids is 1. The summed E-state index contributed by atoms with van der Waals surface area (Å²) in [7, 11) is 0. The molecular formula is C21H23N3O3. The van der Waals surface area contributed by atoms with Gasteiger partial charge in [-0.25, -0.2) is 4.79 Å². The van der Waals surface area contributed by atoms with Crippen molar-refractivity contribution >= 4 is 11.7 Å². The van der Waals surface area contributed by atoms with Crippen molar-refractivity contribution in [1.29, 1.82) is 0 Å². The maximum atomic E-state index is 13.2. The average molecular weight is 365 g/mol. The Morgan fingerprint density at radius 1 is 1.15 bits per heavy atom. The average Bonchev–Trinajstić information content (AvgIpc) is 3.27. The smallest absolute Gasteiger partial charge is 0.322 e. The fourth-order valence-corrected chi connectivity index (χ4v) is 3.61. The molecule has 2 amide bonds. The predicted octanol–water partition coefficient (Wildman–Crippen LogP) is 5.39. The van der Waals surface area contributed by atoms with Crippen LogP contribution in [0.25, 0.3) is 11.3 Å². The van der Waals surface area contributed by atoms with E-state index in [0.29, 0.717) is 23.7 Å². The Bertz CT molecular complexity index is 887. The molecule has 6 heteroatoms. The molecule has 1 fully saturated rings. The molecule has 1 aliphatic heterocycles. The van der Waals surface area contributed by atoms with E-state index in [4.69, 9.17) is 8.94 Å². The highest BCUT2D eigenvalue weighted by molar-refractivity contribution is 5.94. The third-order valence-electron chi connectivity index (χ3n) is 5.02. The molecular weight excluding hydrogens is 342 g/mol. The number of hydrogen-bond donors (Lipinski definition) is 1. The van der Waals surface area contributed by atoms with Crippen LogP contribution < -0.4 is 5.32 Å². The van der Waals surface area contributed by atoms with Crippen LogP contribution in [0.15, 0.2) is 57.7 Å². The largest absolute Gasteiger partial charge is 0.467 e. The van der Waals surface area contributed by atoms with Gasteiger partial charge < -0.3 is 19.2 Å². The van der Waals surface area contributed by atoms with Gasteiger partial charge in [-0.2, -0.15) is 0 Å². The molecule has 6 nitrogen and oxygen atoms in total. The number of aromatic nitrogens is 1. The monoisotopic (exact) mass is 365 g/mol. The fraction of sp³-hybridized carbons (Fsp3) is 0.333. The Kier molecular flexibility index (Phi) is 4.96. The zero-order chi connectivity index (χ0) is 18.6. The molecule has 1 N–H and O–H groups in total. The second-order valence-electron chi connectivity index (χ2n) is 6.84. The summed E-state index contributed by atoms with van der Waals surface area (Å²) in [6.45, 7) is 2.53. The molecule has 3 aromatic rings. The van der Waals surface area contributed by atoms with E-state index in [2.05, 4.69) is 10.5 Å². The maximum absolute atomic E-state index is 13.2. The van der Waals surface area contributed by atoms with E-state index in [1.807, 2.05) is 54.3 Å². The molecule has 4 rings (SSSR count). The first-order chi connectivity index (χ1) is 13.2. The Morgan fingerprint density at radius 2 is 2.00 bits per heavy atom. The SMILES string of the molecule is Cc1noc(-c2ccccc2)c1NC(=O)N1CCCCCC1c1ccco1. The third kappa shape index (κ3) is 3.60. The first-order valence-electron chi connectivity index (χ1n) is 9.37. The number of carbonyl (C=O) groups is 1. The lowest BCUT2D eigenvalue weighted by Crippen LogP contribution is -2.38. The molecule has 1 unspecified atom stereocenters. The van der Waals surface area contributed by atoms with Crippen LogP contribution in [-0.2, 0) is 0 Å². The molecule has 140 valence electrons. The van der Waals surface area contributed by atoms with E-state index in [1.54, 1.807) is 6.26 Å². The van der Waals surface area contributed by atoms with Crippen molar-refractivity contribution in [2.24, 2.45) is 0 Å². The quantitative estimate of drug-likeness (QED) is 0.675. The normalized spacial score (nSPS) is 17.5. The van der Waals surface area contributed by atoms with Crippen molar-refractivity contribution in [3.63, 3.8) is 0 Å². The molecule has 1 saturated heterocycles. The molecule has 1 aromatic carbocycles. The number of anilines is 1. The van der Waals surface area contributed by atoms with E-state index >= 15 is 0 Å². The summed E-state index contributed by atoms with van der Waals surface area (Å²) in [5.74, 6) is 1.41. The number of aryl methyl sites for hydroxylation is 1. The highest BCUT2D eigenvalue weighted by atomic mass is 16.5. The molecule has 0 radical (unpaired) electrons. The lowest BCUT2D eigenvalue weighted by Gasteiger charge is -2.28. The first kappa shape index (κ1) is 17.4. The van der Waals surface area contributed by atoms with Gasteiger partial charge in [-0.3, -0.25) is 0 Å². The fourth-order valence-electron chi connectivity index (χ4n) is 3.61. The zero-order valence-electron chi connectivity index (χ0n) is 15.4. The highest BCUT2D eigenvalue weighted by Crippen LogP contribution is 2.34. The molecule has 1 atom stereocenters. The molecule has 3 heterocycles. The molecule has 1 aliphatic rings. The number of rotatable bonds is 3. The van der Waals surface area contributed by atoms with Gasteiger partial charge in [0.25, 0.3) is 0 Å². The van der Waals surface area contributed by atoms with E-state index in [-0.39, 0.29) is 12.1 Å². The number of likely N-dealkylation sites (tertiary alicyclic amines) is 1. The van der Waals surface area contributed by atoms with Crippen LogP contribution in [0.5, 0.6) is 0 Å². The van der Waals surface area contributed by atoms with E-state index < -0.39 is 0 Å². The van der Waals surface area contributed by atoms with Crippen molar-refractivity contribution in [2.45, 2.75) is 38.6 Å². The summed E-state index contributed by atoms with van der Waals surface area (Å²) < 4.78 is 11.1. The van der Waals surface area contributed by atoms with Crippen molar-refractivity contribution in [3.8, 4) is 11.3 Å². The van der Waals surface area contributed by atoms with Gasteiger partial charge in [-0.15, -0.1) is 0 Å². The van der Waals surface area contributed by atoms with Gasteiger partial charge in [0.1, 0.15) is 17.1 Å². The first-order valence-corrected chi connectivity index (χ1v) is 9.37. The van der Waals surface area contributed by atoms with Crippen LogP contribution in [-0.4, -0.2) is 22.6 Å². The van der Waals surface area contributed by atoms with Crippen LogP contribution in [0.2, 0.25) is 0 Å². The van der Waals surface area contributed by atoms with Crippen molar-refractivity contribution < 1.29 is 13.7 Å². The van der Waals surface area contributed by atoms with Gasteiger partial charge in [0.15, 0.2) is 5.76 Å². The maximum Gasteiger partial charge on any atom is 0.322 e. The number of urea groups is 1. The Morgan fingerprint density at radius 3 is 2.78 bits per heavy atom. The van der Waals surface area contributed by atoms with Crippen molar-refractivity contribution in [1.82, 2.24) is 10.1 Å². The number of nitrogens with one attached hydrogen (secondary N) is 1. The Labute approximate surface area is 158 Å². The van der Waals surface area contributed by atoms with Crippen LogP contribution in [0.1, 0.15) is 43.2 Å². The van der Waals surface area contributed by atoms with E-state index in [1.165, 1.54) is 0 Å². The number of benzene rings is 1. The summed E-state index contributed by atoms with van der Waals surface area (Å²) in [6, 6.07) is 13.3. The predicted molar refractivity (Wildman–Crippen MR) is 102 cm³/mol. The van der Waals surface area contributed by atoms with Crippen LogP contribution >= 0.6 is 0 Å². The number of nitrogens with zero attached hydrogens (tertiary/aromatic N) is 2.